The van der Waals surface area contributed by atoms with E-state index in [0.717, 1.165) is 18.3 Å². The van der Waals surface area contributed by atoms with E-state index < -0.39 is 48.3 Å². The first kappa shape index (κ1) is 26.3. The second-order valence-corrected chi connectivity index (χ2v) is 8.69. The van der Waals surface area contributed by atoms with Gasteiger partial charge in [0.25, 0.3) is 12.3 Å². The number of nitrogens with one attached hydrogen (secondary N) is 1. The van der Waals surface area contributed by atoms with Crippen LogP contribution in [-0.4, -0.2) is 59.9 Å². The van der Waals surface area contributed by atoms with Crippen molar-refractivity contribution < 1.29 is 26.7 Å². The molecular weight excluding hydrogens is 493 g/mol. The summed E-state index contributed by atoms with van der Waals surface area (Å²) in [4.78, 5) is 22.3. The Hall–Kier alpha value is -3.26. The van der Waals surface area contributed by atoms with Gasteiger partial charge in [-0.1, -0.05) is 17.4 Å². The Balaban J connectivity index is 1.88. The maximum absolute atomic E-state index is 14.1. The molecule has 2 atom stereocenters. The Morgan fingerprint density at radius 2 is 1.94 bits per heavy atom. The number of hydrogen-bond donors (Lipinski definition) is 4. The number of nitrogens with two attached hydrogens (primary N) is 3. The van der Waals surface area contributed by atoms with Gasteiger partial charge in [0.1, 0.15) is 40.2 Å². The van der Waals surface area contributed by atoms with Gasteiger partial charge in [0.2, 0.25) is 0 Å². The number of aromatic nitrogens is 1. The summed E-state index contributed by atoms with van der Waals surface area (Å²) in [7, 11) is 0. The van der Waals surface area contributed by atoms with Crippen molar-refractivity contribution in [2.75, 3.05) is 25.4 Å². The molecular formula is C21H24F5N7OS. The first-order valence-electron chi connectivity index (χ1n) is 10.5. The van der Waals surface area contributed by atoms with Crippen LogP contribution in [0.1, 0.15) is 23.3 Å². The number of aliphatic imine (C=N–C) groups is 1. The fraction of sp³-hybridized carbons (Fsp3) is 0.381. The molecule has 1 amide bonds. The normalized spacial score (nSPS) is 19.7. The number of carbonyl (C=O) groups is 1. The SMILES string of the molecule is NC=C(NC(=O)c1nc(-c2c(F)cccc2F)sc1N)C(=NCC(F)F)N1CCC(N)C(F)CC1. The zero-order chi connectivity index (χ0) is 25.7. The minimum atomic E-state index is -2.78. The Bertz CT molecular complexity index is 1090. The third-order valence-corrected chi connectivity index (χ3v) is 6.15. The summed E-state index contributed by atoms with van der Waals surface area (Å²) in [5.41, 5.74) is 16.4. The van der Waals surface area contributed by atoms with Gasteiger partial charge in [-0.05, 0) is 25.0 Å². The summed E-state index contributed by atoms with van der Waals surface area (Å²) < 4.78 is 68.1. The first-order chi connectivity index (χ1) is 16.6. The lowest BCUT2D eigenvalue weighted by Gasteiger charge is -2.26. The molecule has 190 valence electrons. The molecule has 1 saturated heterocycles. The Labute approximate surface area is 201 Å². The number of amidine groups is 1. The molecule has 0 spiro atoms. The topological polar surface area (TPSA) is 136 Å². The van der Waals surface area contributed by atoms with Crippen LogP contribution in [0.2, 0.25) is 0 Å². The number of amides is 1. The molecule has 1 aliphatic rings. The maximum atomic E-state index is 14.1. The maximum Gasteiger partial charge on any atom is 0.277 e. The number of nitrogen functional groups attached to an aromatic ring is 1. The van der Waals surface area contributed by atoms with Gasteiger partial charge in [-0.15, -0.1) is 0 Å². The van der Waals surface area contributed by atoms with Crippen LogP contribution in [0.5, 0.6) is 0 Å². The van der Waals surface area contributed by atoms with E-state index in [9.17, 15) is 26.7 Å². The molecule has 3 rings (SSSR count). The minimum Gasteiger partial charge on any atom is -0.403 e. The quantitative estimate of drug-likeness (QED) is 0.264. The van der Waals surface area contributed by atoms with Crippen molar-refractivity contribution in [3.8, 4) is 10.6 Å². The number of rotatable bonds is 6. The summed E-state index contributed by atoms with van der Waals surface area (Å²) in [6.07, 6.45) is -2.88. The molecule has 1 aromatic carbocycles. The lowest BCUT2D eigenvalue weighted by Crippen LogP contribution is -2.40. The van der Waals surface area contributed by atoms with E-state index >= 15 is 0 Å². The molecule has 35 heavy (non-hydrogen) atoms. The fourth-order valence-corrected chi connectivity index (χ4v) is 4.35. The van der Waals surface area contributed by atoms with E-state index in [-0.39, 0.29) is 53.2 Å². The smallest absolute Gasteiger partial charge is 0.277 e. The standard InChI is InChI=1S/C21H24F5N7OS/c22-10-4-6-33(7-5-13(10)28)19(30-9-15(25)26)14(8-27)31-20(34)17-18(29)35-21(32-17)16-11(23)2-1-3-12(16)24/h1-3,8,10,13,15H,4-7,9,27-29H2,(H,31,34). The van der Waals surface area contributed by atoms with Crippen LogP contribution in [0.4, 0.5) is 27.0 Å². The Kier molecular flexibility index (Phi) is 8.62. The summed E-state index contributed by atoms with van der Waals surface area (Å²) >= 11 is 0.692. The summed E-state index contributed by atoms with van der Waals surface area (Å²) in [5, 5.41) is 2.11. The number of nitrogens with zero attached hydrogens (tertiary/aromatic N) is 3. The second kappa shape index (κ2) is 11.4. The number of likely N-dealkylation sites (tertiary alicyclic amines) is 1. The predicted molar refractivity (Wildman–Crippen MR) is 124 cm³/mol. The third kappa shape index (κ3) is 6.25. The lowest BCUT2D eigenvalue weighted by molar-refractivity contribution is 0.0963. The number of benzene rings is 1. The molecule has 2 aromatic rings. The number of thiazole rings is 1. The number of hydrogen-bond acceptors (Lipinski definition) is 7. The highest BCUT2D eigenvalue weighted by molar-refractivity contribution is 7.19. The Morgan fingerprint density at radius 1 is 1.29 bits per heavy atom. The molecule has 1 fully saturated rings. The van der Waals surface area contributed by atoms with Gasteiger partial charge in [0.15, 0.2) is 5.69 Å². The number of alkyl halides is 3. The average molecular weight is 518 g/mol. The van der Waals surface area contributed by atoms with Crippen LogP contribution in [-0.2, 0) is 0 Å². The van der Waals surface area contributed by atoms with Crippen LogP contribution in [0, 0.1) is 11.6 Å². The molecule has 1 aliphatic heterocycles. The third-order valence-electron chi connectivity index (χ3n) is 5.25. The van der Waals surface area contributed by atoms with Gasteiger partial charge in [-0.3, -0.25) is 9.79 Å². The molecule has 0 radical (unpaired) electrons. The number of anilines is 1. The van der Waals surface area contributed by atoms with Crippen molar-refractivity contribution in [1.82, 2.24) is 15.2 Å². The molecule has 0 saturated carbocycles. The van der Waals surface area contributed by atoms with E-state index in [1.807, 2.05) is 0 Å². The van der Waals surface area contributed by atoms with Crippen molar-refractivity contribution in [1.29, 1.82) is 0 Å². The second-order valence-electron chi connectivity index (χ2n) is 7.66. The van der Waals surface area contributed by atoms with Crippen molar-refractivity contribution in [3.63, 3.8) is 0 Å². The van der Waals surface area contributed by atoms with Crippen LogP contribution >= 0.6 is 11.3 Å². The largest absolute Gasteiger partial charge is 0.403 e. The molecule has 0 aliphatic carbocycles. The van der Waals surface area contributed by atoms with Crippen molar-refractivity contribution in [2.45, 2.75) is 31.5 Å². The molecule has 1 aromatic heterocycles. The van der Waals surface area contributed by atoms with Gasteiger partial charge in [-0.25, -0.2) is 26.9 Å². The van der Waals surface area contributed by atoms with Crippen LogP contribution < -0.4 is 22.5 Å². The van der Waals surface area contributed by atoms with Crippen molar-refractivity contribution >= 4 is 28.1 Å². The first-order valence-corrected chi connectivity index (χ1v) is 11.4. The summed E-state index contributed by atoms with van der Waals surface area (Å²) in [6.45, 7) is -0.605. The van der Waals surface area contributed by atoms with E-state index in [0.29, 0.717) is 11.3 Å². The lowest BCUT2D eigenvalue weighted by atomic mass is 10.1. The van der Waals surface area contributed by atoms with Crippen molar-refractivity contribution in [2.24, 2.45) is 16.5 Å². The minimum absolute atomic E-state index is 0.0251. The average Bonchev–Trinajstić information content (AvgIpc) is 3.10. The van der Waals surface area contributed by atoms with Gasteiger partial charge >= 0.3 is 0 Å². The molecule has 2 unspecified atom stereocenters. The van der Waals surface area contributed by atoms with Crippen LogP contribution in [0.3, 0.4) is 0 Å². The molecule has 14 heteroatoms. The highest BCUT2D eigenvalue weighted by Crippen LogP contribution is 2.33. The number of carbonyl (C=O) groups excluding carboxylic acids is 1. The zero-order valence-corrected chi connectivity index (χ0v) is 19.2. The van der Waals surface area contributed by atoms with Gasteiger partial charge in [0.05, 0.1) is 11.3 Å². The number of halogens is 5. The molecule has 2 heterocycles. The summed E-state index contributed by atoms with van der Waals surface area (Å²) in [6, 6.07) is 2.51. The van der Waals surface area contributed by atoms with E-state index in [2.05, 4.69) is 15.3 Å². The van der Waals surface area contributed by atoms with Gasteiger partial charge in [0, 0.05) is 25.3 Å². The van der Waals surface area contributed by atoms with Crippen molar-refractivity contribution in [3.05, 3.63) is 47.4 Å². The summed E-state index contributed by atoms with van der Waals surface area (Å²) in [5.74, 6) is -2.77. The molecule has 8 nitrogen and oxygen atoms in total. The molecule has 0 bridgehead atoms. The molecule has 7 N–H and O–H groups in total. The fourth-order valence-electron chi connectivity index (χ4n) is 3.47. The van der Waals surface area contributed by atoms with E-state index in [4.69, 9.17) is 17.2 Å². The van der Waals surface area contributed by atoms with Gasteiger partial charge in [-0.2, -0.15) is 0 Å². The highest BCUT2D eigenvalue weighted by Gasteiger charge is 2.28. The highest BCUT2D eigenvalue weighted by atomic mass is 32.1. The van der Waals surface area contributed by atoms with Crippen LogP contribution in [0.15, 0.2) is 35.1 Å². The van der Waals surface area contributed by atoms with Gasteiger partial charge < -0.3 is 27.4 Å². The van der Waals surface area contributed by atoms with Crippen LogP contribution in [0.25, 0.3) is 10.6 Å². The monoisotopic (exact) mass is 517 g/mol. The van der Waals surface area contributed by atoms with E-state index in [1.54, 1.807) is 0 Å². The van der Waals surface area contributed by atoms with E-state index in [1.165, 1.54) is 11.0 Å². The zero-order valence-electron chi connectivity index (χ0n) is 18.4. The Morgan fingerprint density at radius 3 is 2.57 bits per heavy atom. The predicted octanol–water partition coefficient (Wildman–Crippen LogP) is 2.63.